The average molecular weight is 1230 g/mol. The van der Waals surface area contributed by atoms with Crippen LogP contribution < -0.4 is 5.32 Å². The number of hydrogen-bond acceptors (Lipinski definition) is 14. The second kappa shape index (κ2) is 27.4. The first-order valence-corrected chi connectivity index (χ1v) is 31.5. The number of aromatic nitrogens is 10. The molecule has 10 aromatic rings. The molecule has 3 aliphatic heterocycles. The van der Waals surface area contributed by atoms with E-state index in [4.69, 9.17) is 34.0 Å². The Morgan fingerprint density at radius 1 is 0.648 bits per heavy atom. The minimum atomic E-state index is -0.591. The Kier molecular flexibility index (Phi) is 18.6. The zero-order chi connectivity index (χ0) is 63.2. The molecule has 9 heterocycles. The van der Waals surface area contributed by atoms with Crippen molar-refractivity contribution in [3.8, 4) is 67.8 Å². The van der Waals surface area contributed by atoms with Gasteiger partial charge in [-0.3, -0.25) is 24.7 Å². The van der Waals surface area contributed by atoms with E-state index < -0.39 is 5.60 Å². The highest BCUT2D eigenvalue weighted by Crippen LogP contribution is 2.39. The molecule has 3 aliphatic rings. The van der Waals surface area contributed by atoms with Crippen molar-refractivity contribution in [2.24, 2.45) is 0 Å². The van der Waals surface area contributed by atoms with Crippen molar-refractivity contribution in [3.63, 3.8) is 0 Å². The fourth-order valence-electron chi connectivity index (χ4n) is 11.9. The number of benzene rings is 4. The summed E-state index contributed by atoms with van der Waals surface area (Å²) in [5, 5.41) is 18.1. The summed E-state index contributed by atoms with van der Waals surface area (Å²) in [6, 6.07) is 32.0. The summed E-state index contributed by atoms with van der Waals surface area (Å²) in [6.07, 6.45) is 9.85. The van der Waals surface area contributed by atoms with Crippen LogP contribution in [0.1, 0.15) is 103 Å². The van der Waals surface area contributed by atoms with Crippen LogP contribution >= 0.6 is 0 Å². The van der Waals surface area contributed by atoms with Gasteiger partial charge in [0.05, 0.1) is 44.0 Å². The molecule has 21 heteroatoms. The Morgan fingerprint density at radius 3 is 1.77 bits per heavy atom. The van der Waals surface area contributed by atoms with Crippen molar-refractivity contribution >= 4 is 39.7 Å². The fraction of sp³-hybridized carbons (Fsp3) is 0.357. The van der Waals surface area contributed by atoms with Gasteiger partial charge >= 0.3 is 6.09 Å². The maximum absolute atomic E-state index is 14.0. The smallest absolute Gasteiger partial charge is 0.410 e. The minimum Gasteiger partial charge on any atom is -0.444 e. The Morgan fingerprint density at radius 2 is 1.21 bits per heavy atom. The number of morpholine rings is 2. The normalized spacial score (nSPS) is 15.4. The summed E-state index contributed by atoms with van der Waals surface area (Å²) in [5.41, 5.74) is 14.6. The van der Waals surface area contributed by atoms with Gasteiger partial charge in [-0.1, -0.05) is 79.7 Å². The molecular formula is C70H78N14O7. The molecule has 1 atom stereocenters. The molecule has 3 fully saturated rings. The third-order valence-corrected chi connectivity index (χ3v) is 16.9. The van der Waals surface area contributed by atoms with E-state index in [2.05, 4.69) is 86.6 Å². The third-order valence-electron chi connectivity index (χ3n) is 16.9. The largest absolute Gasteiger partial charge is 0.444 e. The van der Waals surface area contributed by atoms with Crippen LogP contribution in [0.15, 0.2) is 122 Å². The van der Waals surface area contributed by atoms with Gasteiger partial charge in [-0.25, -0.2) is 19.4 Å². The maximum atomic E-state index is 14.0. The van der Waals surface area contributed by atoms with E-state index >= 15 is 0 Å². The second-order valence-electron chi connectivity index (χ2n) is 24.1. The van der Waals surface area contributed by atoms with E-state index in [1.54, 1.807) is 4.90 Å². The molecule has 470 valence electrons. The summed E-state index contributed by atoms with van der Waals surface area (Å²) < 4.78 is 24.8. The quantitative estimate of drug-likeness (QED) is 0.0747. The summed E-state index contributed by atoms with van der Waals surface area (Å²) in [5.74, 6) is 0.846. The van der Waals surface area contributed by atoms with Crippen LogP contribution in [0.4, 0.5) is 4.79 Å². The number of imidazole rings is 2. The number of hydrogen-bond donors (Lipinski definition) is 4. The van der Waals surface area contributed by atoms with Gasteiger partial charge in [-0.15, -0.1) is 0 Å². The van der Waals surface area contributed by atoms with Crippen LogP contribution in [0.2, 0.25) is 0 Å². The number of carbonyl (C=O) groups is 3. The first-order chi connectivity index (χ1) is 44.2. The molecule has 0 radical (unpaired) electrons. The zero-order valence-corrected chi connectivity index (χ0v) is 52.8. The highest BCUT2D eigenvalue weighted by atomic mass is 16.6. The van der Waals surface area contributed by atoms with Gasteiger partial charge in [-0.05, 0) is 125 Å². The van der Waals surface area contributed by atoms with Crippen molar-refractivity contribution in [3.05, 3.63) is 155 Å². The van der Waals surface area contributed by atoms with Crippen molar-refractivity contribution in [2.45, 2.75) is 92.6 Å². The SMILES string of the molecule is CCN(Cc1cncc(-c2ccc3c(c2)c(-c2nc(-c4ccccc4)c(C(=O)N4CCOCC4)[nH]2)nn3C2CCCCO2)c1C)C(=O)OC(C)(C)C.CCNCc1cncc(-c2ccc3[nH]nc(-c4nc(-c5ccccc5)c(C(=O)N5CCOCC5)[nH]4)c3c2)c1C. The molecule has 3 saturated heterocycles. The lowest BCUT2D eigenvalue weighted by molar-refractivity contribution is -0.0365. The van der Waals surface area contributed by atoms with Gasteiger partial charge in [-0.2, -0.15) is 10.2 Å². The minimum absolute atomic E-state index is 0.0874. The summed E-state index contributed by atoms with van der Waals surface area (Å²) in [4.78, 5) is 71.7. The summed E-state index contributed by atoms with van der Waals surface area (Å²) in [6.45, 7) is 21.3. The second-order valence-corrected chi connectivity index (χ2v) is 24.1. The number of rotatable bonds is 15. The van der Waals surface area contributed by atoms with Crippen molar-refractivity contribution in [1.82, 2.24) is 69.9 Å². The molecular weight excluding hydrogens is 1150 g/mol. The van der Waals surface area contributed by atoms with Gasteiger partial charge < -0.3 is 48.9 Å². The van der Waals surface area contributed by atoms with Crippen molar-refractivity contribution in [1.29, 1.82) is 0 Å². The van der Waals surface area contributed by atoms with E-state index in [0.717, 1.165) is 98.7 Å². The molecule has 4 aromatic carbocycles. The van der Waals surface area contributed by atoms with E-state index in [-0.39, 0.29) is 24.1 Å². The van der Waals surface area contributed by atoms with Crippen molar-refractivity contribution in [2.75, 3.05) is 72.3 Å². The Labute approximate surface area is 528 Å². The van der Waals surface area contributed by atoms with E-state index in [9.17, 15) is 14.4 Å². The summed E-state index contributed by atoms with van der Waals surface area (Å²) in [7, 11) is 0. The van der Waals surface area contributed by atoms with Crippen LogP contribution in [-0.2, 0) is 32.0 Å². The van der Waals surface area contributed by atoms with Crippen LogP contribution in [0.5, 0.6) is 0 Å². The van der Waals surface area contributed by atoms with Gasteiger partial charge in [0.1, 0.15) is 39.8 Å². The van der Waals surface area contributed by atoms with Gasteiger partial charge in [0.25, 0.3) is 11.8 Å². The number of carbonyl (C=O) groups excluding carboxylic acids is 3. The topological polar surface area (TPSA) is 240 Å². The first-order valence-electron chi connectivity index (χ1n) is 31.5. The number of aromatic amines is 3. The molecule has 0 saturated carbocycles. The highest BCUT2D eigenvalue weighted by molar-refractivity contribution is 6.02. The van der Waals surface area contributed by atoms with Crippen LogP contribution in [0, 0.1) is 13.8 Å². The van der Waals surface area contributed by atoms with E-state index in [0.29, 0.717) is 118 Å². The lowest BCUT2D eigenvalue weighted by atomic mass is 9.97. The zero-order valence-electron chi connectivity index (χ0n) is 52.8. The average Bonchev–Trinajstić information content (AvgIpc) is 1.63. The fourth-order valence-corrected chi connectivity index (χ4v) is 11.9. The number of H-pyrrole nitrogens is 3. The highest BCUT2D eigenvalue weighted by Gasteiger charge is 2.31. The summed E-state index contributed by atoms with van der Waals surface area (Å²) >= 11 is 0. The lowest BCUT2D eigenvalue weighted by Gasteiger charge is -2.27. The molecule has 91 heavy (non-hydrogen) atoms. The molecule has 0 spiro atoms. The molecule has 1 unspecified atom stereocenters. The van der Waals surface area contributed by atoms with E-state index in [1.807, 2.05) is 134 Å². The predicted octanol–water partition coefficient (Wildman–Crippen LogP) is 12.0. The molecule has 0 aliphatic carbocycles. The Bertz CT molecular complexity index is 4210. The van der Waals surface area contributed by atoms with Crippen LogP contribution in [-0.4, -0.2) is 160 Å². The number of amides is 3. The number of fused-ring (bicyclic) bond motifs is 2. The number of pyridine rings is 2. The Balaban J connectivity index is 0.000000183. The first kappa shape index (κ1) is 61.8. The maximum Gasteiger partial charge on any atom is 0.410 e. The van der Waals surface area contributed by atoms with Gasteiger partial charge in [0.15, 0.2) is 17.9 Å². The molecule has 0 bridgehead atoms. The number of nitrogens with one attached hydrogen (secondary N) is 4. The van der Waals surface area contributed by atoms with Crippen LogP contribution in [0.3, 0.4) is 0 Å². The molecule has 13 rings (SSSR count). The van der Waals surface area contributed by atoms with Gasteiger partial charge in [0, 0.05) is 104 Å². The standard InChI is InChI=1S/C40H47N7O5.C30H31N7O2/c1-6-45(39(49)52-40(3,4)5)25-29-23-41-24-31(26(29)2)28-15-16-32-30(22-28)35(44-47(32)33-14-10-11-19-51-33)37-42-34(27-12-8-7-9-13-27)36(43-37)38(48)46-17-20-50-21-18-46;1-3-31-16-22-17-32-18-24(19(22)2)21-9-10-25-23(15-21)27(36-35-25)29-33-26(20-7-5-4-6-8-20)28(34-29)30(38)37-11-13-39-14-12-37/h7-9,12-13,15-16,22-24,33H,6,10-11,14,17-21,25H2,1-5H3,(H,42,43);4-10,15,17-18,31H,3,11-14,16H2,1-2H3,(H,33,34)(H,35,36). The number of nitrogens with zero attached hydrogens (tertiary/aromatic N) is 10. The molecule has 4 N–H and O–H groups in total. The Hall–Kier alpha value is -9.41. The molecule has 6 aromatic heterocycles. The third kappa shape index (κ3) is 13.4. The van der Waals surface area contributed by atoms with Crippen LogP contribution in [0.25, 0.3) is 89.6 Å². The number of ether oxygens (including phenoxy) is 4. The predicted molar refractivity (Wildman–Crippen MR) is 350 cm³/mol. The van der Waals surface area contributed by atoms with Crippen molar-refractivity contribution < 1.29 is 33.3 Å². The van der Waals surface area contributed by atoms with E-state index in [1.165, 1.54) is 11.1 Å². The monoisotopic (exact) mass is 1230 g/mol. The molecule has 3 amide bonds. The van der Waals surface area contributed by atoms with Gasteiger partial charge in [0.2, 0.25) is 0 Å². The lowest BCUT2D eigenvalue weighted by Crippen LogP contribution is -2.41. The molecule has 21 nitrogen and oxygen atoms in total.